The minimum absolute atomic E-state index is 0.270. The van der Waals surface area contributed by atoms with Crippen molar-refractivity contribution >= 4 is 28.1 Å². The number of nitrogens with one attached hydrogen (secondary N) is 1. The third-order valence-electron chi connectivity index (χ3n) is 2.75. The molecule has 0 aliphatic rings. The first-order chi connectivity index (χ1) is 9.01. The summed E-state index contributed by atoms with van der Waals surface area (Å²) >= 11 is 1.44. The molecule has 2 aromatic rings. The van der Waals surface area contributed by atoms with E-state index in [0.717, 1.165) is 10.6 Å². The fraction of sp³-hybridized carbons (Fsp3) is 0.231. The Hall–Kier alpha value is -2.08. The molecule has 0 fully saturated rings. The molecule has 0 radical (unpaired) electrons. The number of amides is 1. The number of aryl methyl sites for hydroxylation is 2. The topological polar surface area (TPSA) is 77.2 Å². The Kier molecular flexibility index (Phi) is 3.71. The average Bonchev–Trinajstić information content (AvgIpc) is 2.67. The van der Waals surface area contributed by atoms with E-state index in [2.05, 4.69) is 10.3 Å². The molecule has 0 saturated heterocycles. The number of methoxy groups -OCH3 is 1. The lowest BCUT2D eigenvalue weighted by atomic mass is 10.1. The monoisotopic (exact) mass is 277 g/mol. The SMILES string of the molecule is COc1ccc(C(=O)Nc2nc(C)c(C)s2)c(N)c1. The van der Waals surface area contributed by atoms with Gasteiger partial charge in [0, 0.05) is 16.6 Å². The van der Waals surface area contributed by atoms with Gasteiger partial charge < -0.3 is 10.5 Å². The number of carbonyl (C=O) groups excluding carboxylic acids is 1. The zero-order valence-corrected chi connectivity index (χ0v) is 11.8. The van der Waals surface area contributed by atoms with Gasteiger partial charge in [-0.2, -0.15) is 0 Å². The summed E-state index contributed by atoms with van der Waals surface area (Å²) < 4.78 is 5.05. The first kappa shape index (κ1) is 13.4. The van der Waals surface area contributed by atoms with E-state index in [9.17, 15) is 4.79 Å². The van der Waals surface area contributed by atoms with Crippen LogP contribution in [0, 0.1) is 13.8 Å². The molecule has 0 unspecified atom stereocenters. The van der Waals surface area contributed by atoms with Crippen molar-refractivity contribution in [3.8, 4) is 5.75 Å². The van der Waals surface area contributed by atoms with E-state index >= 15 is 0 Å². The van der Waals surface area contributed by atoms with Gasteiger partial charge in [0.05, 0.1) is 18.4 Å². The van der Waals surface area contributed by atoms with Crippen molar-refractivity contribution in [1.82, 2.24) is 4.98 Å². The molecule has 0 saturated carbocycles. The van der Waals surface area contributed by atoms with E-state index in [-0.39, 0.29) is 5.91 Å². The number of rotatable bonds is 3. The van der Waals surface area contributed by atoms with Crippen molar-refractivity contribution < 1.29 is 9.53 Å². The number of nitrogens with zero attached hydrogens (tertiary/aromatic N) is 1. The molecule has 2 rings (SSSR count). The van der Waals surface area contributed by atoms with Gasteiger partial charge >= 0.3 is 0 Å². The summed E-state index contributed by atoms with van der Waals surface area (Å²) in [5.41, 5.74) is 7.53. The highest BCUT2D eigenvalue weighted by Gasteiger charge is 2.13. The van der Waals surface area contributed by atoms with Crippen molar-refractivity contribution in [1.29, 1.82) is 0 Å². The number of hydrogen-bond donors (Lipinski definition) is 2. The van der Waals surface area contributed by atoms with Gasteiger partial charge in [-0.25, -0.2) is 4.98 Å². The maximum atomic E-state index is 12.1. The zero-order chi connectivity index (χ0) is 14.0. The van der Waals surface area contributed by atoms with Gasteiger partial charge in [0.2, 0.25) is 0 Å². The number of hydrogen-bond acceptors (Lipinski definition) is 5. The highest BCUT2D eigenvalue weighted by Crippen LogP contribution is 2.24. The molecule has 1 aromatic heterocycles. The number of carbonyl (C=O) groups is 1. The summed E-state index contributed by atoms with van der Waals surface area (Å²) in [6.07, 6.45) is 0. The van der Waals surface area contributed by atoms with Gasteiger partial charge in [0.25, 0.3) is 5.91 Å². The normalized spacial score (nSPS) is 10.3. The highest BCUT2D eigenvalue weighted by atomic mass is 32.1. The summed E-state index contributed by atoms with van der Waals surface area (Å²) in [7, 11) is 1.55. The van der Waals surface area contributed by atoms with Crippen LogP contribution < -0.4 is 15.8 Å². The third kappa shape index (κ3) is 2.85. The second-order valence-electron chi connectivity index (χ2n) is 4.07. The molecule has 1 aromatic carbocycles. The van der Waals surface area contributed by atoms with E-state index in [4.69, 9.17) is 10.5 Å². The predicted octanol–water partition coefficient (Wildman–Crippen LogP) is 2.60. The molecule has 5 nitrogen and oxygen atoms in total. The fourth-order valence-corrected chi connectivity index (χ4v) is 2.37. The van der Waals surface area contributed by atoms with Gasteiger partial charge in [-0.05, 0) is 26.0 Å². The molecule has 0 aliphatic heterocycles. The maximum Gasteiger partial charge on any atom is 0.259 e. The molecule has 0 spiro atoms. The average molecular weight is 277 g/mol. The van der Waals surface area contributed by atoms with Crippen molar-refractivity contribution in [3.63, 3.8) is 0 Å². The minimum Gasteiger partial charge on any atom is -0.497 e. The smallest absolute Gasteiger partial charge is 0.259 e. The standard InChI is InChI=1S/C13H15N3O2S/c1-7-8(2)19-13(15-7)16-12(17)10-5-4-9(18-3)6-11(10)14/h4-6H,14H2,1-3H3,(H,15,16,17). The molecule has 0 atom stereocenters. The maximum absolute atomic E-state index is 12.1. The van der Waals surface area contributed by atoms with Gasteiger partial charge in [-0.3, -0.25) is 10.1 Å². The van der Waals surface area contributed by atoms with Crippen LogP contribution >= 0.6 is 11.3 Å². The third-order valence-corrected chi connectivity index (χ3v) is 3.74. The summed E-state index contributed by atoms with van der Waals surface area (Å²) in [5, 5.41) is 3.32. The van der Waals surface area contributed by atoms with E-state index < -0.39 is 0 Å². The van der Waals surface area contributed by atoms with E-state index in [0.29, 0.717) is 22.1 Å². The van der Waals surface area contributed by atoms with Crippen LogP contribution in [0.3, 0.4) is 0 Å². The zero-order valence-electron chi connectivity index (χ0n) is 11.0. The summed E-state index contributed by atoms with van der Waals surface area (Å²) in [5.74, 6) is 0.351. The molecular weight excluding hydrogens is 262 g/mol. The van der Waals surface area contributed by atoms with Gasteiger partial charge in [0.15, 0.2) is 5.13 Å². The first-order valence-corrected chi connectivity index (χ1v) is 6.52. The number of aromatic nitrogens is 1. The Labute approximate surface area is 115 Å². The van der Waals surface area contributed by atoms with Gasteiger partial charge in [-0.1, -0.05) is 0 Å². The van der Waals surface area contributed by atoms with Crippen LogP contribution in [0.2, 0.25) is 0 Å². The van der Waals surface area contributed by atoms with Crippen molar-refractivity contribution in [2.45, 2.75) is 13.8 Å². The molecule has 6 heteroatoms. The number of ether oxygens (including phenoxy) is 1. The number of nitrogens with two attached hydrogens (primary N) is 1. The molecule has 1 amide bonds. The van der Waals surface area contributed by atoms with E-state index in [1.165, 1.54) is 11.3 Å². The number of thiazole rings is 1. The van der Waals surface area contributed by atoms with Crippen LogP contribution in [0.4, 0.5) is 10.8 Å². The van der Waals surface area contributed by atoms with Crippen LogP contribution in [0.25, 0.3) is 0 Å². The van der Waals surface area contributed by atoms with Crippen molar-refractivity contribution in [2.24, 2.45) is 0 Å². The minimum atomic E-state index is -0.270. The largest absolute Gasteiger partial charge is 0.497 e. The Morgan fingerprint density at radius 2 is 2.16 bits per heavy atom. The lowest BCUT2D eigenvalue weighted by Crippen LogP contribution is -2.13. The summed E-state index contributed by atoms with van der Waals surface area (Å²) in [4.78, 5) is 17.4. The van der Waals surface area contributed by atoms with Crippen LogP contribution in [-0.2, 0) is 0 Å². The number of nitrogen functional groups attached to an aromatic ring is 1. The second-order valence-corrected chi connectivity index (χ2v) is 5.27. The van der Waals surface area contributed by atoms with Gasteiger partial charge in [0.1, 0.15) is 5.75 Å². The first-order valence-electron chi connectivity index (χ1n) is 5.70. The van der Waals surface area contributed by atoms with Crippen molar-refractivity contribution in [3.05, 3.63) is 34.3 Å². The molecule has 1 heterocycles. The Morgan fingerprint density at radius 3 is 2.68 bits per heavy atom. The Morgan fingerprint density at radius 1 is 1.42 bits per heavy atom. The summed E-state index contributed by atoms with van der Waals surface area (Å²) in [6, 6.07) is 4.95. The molecule has 100 valence electrons. The highest BCUT2D eigenvalue weighted by molar-refractivity contribution is 7.15. The predicted molar refractivity (Wildman–Crippen MR) is 76.9 cm³/mol. The van der Waals surface area contributed by atoms with Crippen LogP contribution in [0.5, 0.6) is 5.75 Å². The van der Waals surface area contributed by atoms with E-state index in [1.54, 1.807) is 25.3 Å². The fourth-order valence-electron chi connectivity index (χ4n) is 1.57. The quantitative estimate of drug-likeness (QED) is 0.845. The molecular formula is C13H15N3O2S. The number of benzene rings is 1. The number of anilines is 2. The van der Waals surface area contributed by atoms with Crippen LogP contribution in [0.15, 0.2) is 18.2 Å². The lowest BCUT2D eigenvalue weighted by Gasteiger charge is -2.07. The Bertz CT molecular complexity index is 603. The van der Waals surface area contributed by atoms with Crippen LogP contribution in [-0.4, -0.2) is 18.0 Å². The molecule has 19 heavy (non-hydrogen) atoms. The van der Waals surface area contributed by atoms with Crippen molar-refractivity contribution in [2.75, 3.05) is 18.2 Å². The Balaban J connectivity index is 2.20. The second kappa shape index (κ2) is 5.27. The van der Waals surface area contributed by atoms with Gasteiger partial charge in [-0.15, -0.1) is 11.3 Å². The van der Waals surface area contributed by atoms with E-state index in [1.807, 2.05) is 13.8 Å². The summed E-state index contributed by atoms with van der Waals surface area (Å²) in [6.45, 7) is 3.87. The molecule has 0 aliphatic carbocycles. The lowest BCUT2D eigenvalue weighted by molar-refractivity contribution is 0.102. The van der Waals surface area contributed by atoms with Crippen LogP contribution in [0.1, 0.15) is 20.9 Å². The molecule has 0 bridgehead atoms. The molecule has 3 N–H and O–H groups in total.